The number of rotatable bonds is 4. The van der Waals surface area contributed by atoms with E-state index in [2.05, 4.69) is 17.2 Å². The molecule has 1 heterocycles. The normalized spacial score (nSPS) is 37.0. The SMILES string of the molecule is CC(NC(=O)c1ccc(C=O)[nH]1)C12CC3CC(CC(C3)C1)C2. The van der Waals surface area contributed by atoms with E-state index in [0.29, 0.717) is 16.8 Å². The van der Waals surface area contributed by atoms with Gasteiger partial charge in [0.2, 0.25) is 0 Å². The molecule has 118 valence electrons. The van der Waals surface area contributed by atoms with Crippen molar-refractivity contribution in [3.05, 3.63) is 23.5 Å². The summed E-state index contributed by atoms with van der Waals surface area (Å²) in [7, 11) is 0. The Labute approximate surface area is 131 Å². The smallest absolute Gasteiger partial charge is 0.267 e. The van der Waals surface area contributed by atoms with Gasteiger partial charge in [0, 0.05) is 6.04 Å². The minimum Gasteiger partial charge on any atom is -0.348 e. The second kappa shape index (κ2) is 4.97. The molecule has 0 aliphatic heterocycles. The van der Waals surface area contributed by atoms with E-state index in [-0.39, 0.29) is 11.9 Å². The predicted octanol–water partition coefficient (Wildman–Crippen LogP) is 3.16. The van der Waals surface area contributed by atoms with Gasteiger partial charge in [0.1, 0.15) is 5.69 Å². The van der Waals surface area contributed by atoms with Gasteiger partial charge in [0.25, 0.3) is 5.91 Å². The maximum absolute atomic E-state index is 12.4. The van der Waals surface area contributed by atoms with Gasteiger partial charge in [-0.3, -0.25) is 9.59 Å². The van der Waals surface area contributed by atoms with Crippen LogP contribution >= 0.6 is 0 Å². The number of H-pyrrole nitrogens is 1. The third kappa shape index (κ3) is 2.20. The van der Waals surface area contributed by atoms with Gasteiger partial charge < -0.3 is 10.3 Å². The molecule has 1 amide bonds. The first kappa shape index (κ1) is 14.0. The van der Waals surface area contributed by atoms with Crippen LogP contribution < -0.4 is 5.32 Å². The summed E-state index contributed by atoms with van der Waals surface area (Å²) in [6, 6.07) is 3.54. The average molecular weight is 300 g/mol. The molecular formula is C18H24N2O2. The molecule has 5 rings (SSSR count). The second-order valence-corrected chi connectivity index (χ2v) is 7.92. The summed E-state index contributed by atoms with van der Waals surface area (Å²) in [5.41, 5.74) is 1.25. The van der Waals surface area contributed by atoms with Crippen molar-refractivity contribution in [3.63, 3.8) is 0 Å². The van der Waals surface area contributed by atoms with Crippen molar-refractivity contribution >= 4 is 12.2 Å². The lowest BCUT2D eigenvalue weighted by atomic mass is 9.48. The van der Waals surface area contributed by atoms with Crippen LogP contribution in [0.5, 0.6) is 0 Å². The van der Waals surface area contributed by atoms with Crippen LogP contribution in [0.1, 0.15) is 66.4 Å². The summed E-state index contributed by atoms with van der Waals surface area (Å²) in [4.78, 5) is 26.0. The van der Waals surface area contributed by atoms with E-state index in [1.165, 1.54) is 38.5 Å². The van der Waals surface area contributed by atoms with Crippen LogP contribution in [-0.2, 0) is 0 Å². The fourth-order valence-corrected chi connectivity index (χ4v) is 5.75. The summed E-state index contributed by atoms with van der Waals surface area (Å²) in [6.07, 6.45) is 8.83. The predicted molar refractivity (Wildman–Crippen MR) is 83.7 cm³/mol. The lowest BCUT2D eigenvalue weighted by Crippen LogP contribution is -2.55. The minimum atomic E-state index is -0.0867. The molecule has 4 heteroatoms. The van der Waals surface area contributed by atoms with Gasteiger partial charge in [-0.2, -0.15) is 0 Å². The van der Waals surface area contributed by atoms with Crippen LogP contribution in [0.4, 0.5) is 0 Å². The summed E-state index contributed by atoms with van der Waals surface area (Å²) in [6.45, 7) is 2.18. The van der Waals surface area contributed by atoms with Gasteiger partial charge in [-0.1, -0.05) is 0 Å². The van der Waals surface area contributed by atoms with Gasteiger partial charge in [-0.15, -0.1) is 0 Å². The topological polar surface area (TPSA) is 62.0 Å². The van der Waals surface area contributed by atoms with Crippen molar-refractivity contribution in [2.24, 2.45) is 23.2 Å². The van der Waals surface area contributed by atoms with Crippen LogP contribution in [0, 0.1) is 23.2 Å². The zero-order chi connectivity index (χ0) is 15.3. The van der Waals surface area contributed by atoms with Crippen molar-refractivity contribution in [2.45, 2.75) is 51.5 Å². The number of carbonyl (C=O) groups is 2. The Hall–Kier alpha value is -1.58. The largest absolute Gasteiger partial charge is 0.348 e. The second-order valence-electron chi connectivity index (χ2n) is 7.92. The molecular weight excluding hydrogens is 276 g/mol. The Kier molecular flexibility index (Phi) is 3.17. The van der Waals surface area contributed by atoms with E-state index >= 15 is 0 Å². The molecule has 1 unspecified atom stereocenters. The maximum Gasteiger partial charge on any atom is 0.267 e. The monoisotopic (exact) mass is 300 g/mol. The lowest BCUT2D eigenvalue weighted by molar-refractivity contribution is -0.0688. The first-order valence-electron chi connectivity index (χ1n) is 8.53. The van der Waals surface area contributed by atoms with Crippen LogP contribution in [0.3, 0.4) is 0 Å². The lowest BCUT2D eigenvalue weighted by Gasteiger charge is -2.59. The molecule has 2 N–H and O–H groups in total. The molecule has 0 aromatic carbocycles. The molecule has 0 spiro atoms. The van der Waals surface area contributed by atoms with E-state index in [0.717, 1.165) is 24.0 Å². The summed E-state index contributed by atoms with van der Waals surface area (Å²) < 4.78 is 0. The fourth-order valence-electron chi connectivity index (χ4n) is 5.75. The fraction of sp³-hybridized carbons (Fsp3) is 0.667. The van der Waals surface area contributed by atoms with Gasteiger partial charge in [0.05, 0.1) is 5.69 Å². The van der Waals surface area contributed by atoms with E-state index in [1.54, 1.807) is 12.1 Å². The van der Waals surface area contributed by atoms with Gasteiger partial charge in [0.15, 0.2) is 6.29 Å². The van der Waals surface area contributed by atoms with Gasteiger partial charge in [-0.25, -0.2) is 0 Å². The molecule has 0 saturated heterocycles. The first-order chi connectivity index (χ1) is 10.6. The molecule has 4 saturated carbocycles. The van der Waals surface area contributed by atoms with E-state index in [4.69, 9.17) is 0 Å². The van der Waals surface area contributed by atoms with Crippen molar-refractivity contribution in [1.29, 1.82) is 0 Å². The zero-order valence-electron chi connectivity index (χ0n) is 13.1. The molecule has 1 atom stereocenters. The number of amides is 1. The van der Waals surface area contributed by atoms with Gasteiger partial charge >= 0.3 is 0 Å². The first-order valence-corrected chi connectivity index (χ1v) is 8.53. The van der Waals surface area contributed by atoms with Crippen LogP contribution in [0.15, 0.2) is 12.1 Å². The van der Waals surface area contributed by atoms with Crippen molar-refractivity contribution in [2.75, 3.05) is 0 Å². The number of hydrogen-bond acceptors (Lipinski definition) is 2. The number of carbonyl (C=O) groups excluding carboxylic acids is 2. The Morgan fingerprint density at radius 3 is 2.32 bits per heavy atom. The Balaban J connectivity index is 1.48. The highest BCUT2D eigenvalue weighted by molar-refractivity contribution is 5.93. The molecule has 4 nitrogen and oxygen atoms in total. The Bertz CT molecular complexity index is 569. The third-order valence-corrected chi connectivity index (χ3v) is 6.43. The Morgan fingerprint density at radius 1 is 1.23 bits per heavy atom. The molecule has 22 heavy (non-hydrogen) atoms. The summed E-state index contributed by atoms with van der Waals surface area (Å²) in [5, 5.41) is 3.20. The summed E-state index contributed by atoms with van der Waals surface area (Å²) in [5.74, 6) is 2.57. The van der Waals surface area contributed by atoms with Crippen LogP contribution in [-0.4, -0.2) is 23.2 Å². The van der Waals surface area contributed by atoms with E-state index < -0.39 is 0 Å². The minimum absolute atomic E-state index is 0.0867. The highest BCUT2D eigenvalue weighted by Gasteiger charge is 2.53. The van der Waals surface area contributed by atoms with Crippen LogP contribution in [0.2, 0.25) is 0 Å². The van der Waals surface area contributed by atoms with Crippen LogP contribution in [0.25, 0.3) is 0 Å². The average Bonchev–Trinajstić information content (AvgIpc) is 2.94. The number of aromatic nitrogens is 1. The van der Waals surface area contributed by atoms with E-state index in [1.807, 2.05) is 0 Å². The highest BCUT2D eigenvalue weighted by atomic mass is 16.2. The Morgan fingerprint density at radius 2 is 1.82 bits per heavy atom. The van der Waals surface area contributed by atoms with Crippen molar-refractivity contribution in [3.8, 4) is 0 Å². The zero-order valence-corrected chi connectivity index (χ0v) is 13.1. The molecule has 4 fully saturated rings. The number of aromatic amines is 1. The van der Waals surface area contributed by atoms with Crippen molar-refractivity contribution < 1.29 is 9.59 Å². The summed E-state index contributed by atoms with van der Waals surface area (Å²) >= 11 is 0. The molecule has 1 aromatic rings. The number of aldehydes is 1. The highest BCUT2D eigenvalue weighted by Crippen LogP contribution is 2.61. The van der Waals surface area contributed by atoms with E-state index in [9.17, 15) is 9.59 Å². The third-order valence-electron chi connectivity index (χ3n) is 6.43. The standard InChI is InChI=1S/C18H24N2O2/c1-11(19-17(22)16-3-2-15(10-21)20-16)18-7-12-4-13(8-18)6-14(5-12)9-18/h2-3,10-14,20H,4-9H2,1H3,(H,19,22). The number of nitrogens with one attached hydrogen (secondary N) is 2. The van der Waals surface area contributed by atoms with Crippen molar-refractivity contribution in [1.82, 2.24) is 10.3 Å². The number of hydrogen-bond donors (Lipinski definition) is 2. The molecule has 4 aliphatic carbocycles. The molecule has 0 radical (unpaired) electrons. The maximum atomic E-state index is 12.4. The van der Waals surface area contributed by atoms with Gasteiger partial charge in [-0.05, 0) is 80.8 Å². The quantitative estimate of drug-likeness (QED) is 0.839. The molecule has 1 aromatic heterocycles. The molecule has 4 aliphatic rings. The molecule has 4 bridgehead atoms.